The summed E-state index contributed by atoms with van der Waals surface area (Å²) in [5, 5.41) is 16.9. The van der Waals surface area contributed by atoms with Crippen LogP contribution in [0.2, 0.25) is 0 Å². The molecule has 0 atom stereocenters. The van der Waals surface area contributed by atoms with Crippen molar-refractivity contribution in [2.45, 2.75) is 13.5 Å². The molecule has 116 valence electrons. The van der Waals surface area contributed by atoms with E-state index < -0.39 is 4.92 Å². The van der Waals surface area contributed by atoms with E-state index in [4.69, 9.17) is 0 Å². The van der Waals surface area contributed by atoms with Gasteiger partial charge in [-0.05, 0) is 12.5 Å². The first-order valence-corrected chi connectivity index (χ1v) is 7.86. The topological polar surface area (TPSA) is 81.0 Å². The summed E-state index contributed by atoms with van der Waals surface area (Å²) < 4.78 is 0. The van der Waals surface area contributed by atoms with Crippen molar-refractivity contribution in [3.63, 3.8) is 0 Å². The molecule has 0 amide bonds. The first kappa shape index (κ1) is 15.1. The lowest BCUT2D eigenvalue weighted by Gasteiger charge is -2.06. The molecule has 0 radical (unpaired) electrons. The van der Waals surface area contributed by atoms with Gasteiger partial charge >= 0.3 is 0 Å². The Balaban J connectivity index is 1.70. The minimum atomic E-state index is -0.448. The third-order valence-corrected chi connectivity index (χ3v) is 4.22. The standard InChI is InChI=1S/C16H14N4O2S/c1-11-7-14(20(21)22)9-18-15(11)17-8-13-10-23-16(19-13)12-5-3-2-4-6-12/h2-7,9-10H,8H2,1H3,(H,17,18). The Kier molecular flexibility index (Phi) is 4.29. The molecule has 2 heterocycles. The fourth-order valence-corrected chi connectivity index (χ4v) is 2.95. The SMILES string of the molecule is Cc1cc([N+](=O)[O-])cnc1NCc1csc(-c2ccccc2)n1. The van der Waals surface area contributed by atoms with Crippen LogP contribution >= 0.6 is 11.3 Å². The van der Waals surface area contributed by atoms with Crippen LogP contribution < -0.4 is 5.32 Å². The van der Waals surface area contributed by atoms with Crippen LogP contribution in [0.3, 0.4) is 0 Å². The minimum Gasteiger partial charge on any atom is -0.364 e. The van der Waals surface area contributed by atoms with Gasteiger partial charge in [-0.3, -0.25) is 10.1 Å². The van der Waals surface area contributed by atoms with Gasteiger partial charge in [-0.15, -0.1) is 11.3 Å². The van der Waals surface area contributed by atoms with Crippen molar-refractivity contribution in [1.82, 2.24) is 9.97 Å². The van der Waals surface area contributed by atoms with E-state index in [9.17, 15) is 10.1 Å². The Hall–Kier alpha value is -2.80. The predicted molar refractivity (Wildman–Crippen MR) is 90.5 cm³/mol. The minimum absolute atomic E-state index is 0.00641. The average molecular weight is 326 g/mol. The zero-order chi connectivity index (χ0) is 16.2. The van der Waals surface area contributed by atoms with Gasteiger partial charge in [-0.25, -0.2) is 9.97 Å². The summed E-state index contributed by atoms with van der Waals surface area (Å²) in [6.07, 6.45) is 1.26. The van der Waals surface area contributed by atoms with Crippen LogP contribution in [0, 0.1) is 17.0 Å². The van der Waals surface area contributed by atoms with Crippen molar-refractivity contribution in [2.24, 2.45) is 0 Å². The molecule has 2 aromatic heterocycles. The van der Waals surface area contributed by atoms with Gasteiger partial charge in [0.2, 0.25) is 0 Å². The molecule has 0 saturated carbocycles. The maximum Gasteiger partial charge on any atom is 0.287 e. The second kappa shape index (κ2) is 6.53. The molecule has 0 aliphatic rings. The second-order valence-electron chi connectivity index (χ2n) is 4.98. The Labute approximate surface area is 137 Å². The van der Waals surface area contributed by atoms with Crippen LogP contribution in [0.15, 0.2) is 48.0 Å². The largest absolute Gasteiger partial charge is 0.364 e. The number of pyridine rings is 1. The van der Waals surface area contributed by atoms with Crippen molar-refractivity contribution in [3.05, 3.63) is 69.3 Å². The molecule has 0 aliphatic carbocycles. The van der Waals surface area contributed by atoms with E-state index in [1.165, 1.54) is 12.3 Å². The molecule has 23 heavy (non-hydrogen) atoms. The Morgan fingerprint density at radius 3 is 2.78 bits per heavy atom. The van der Waals surface area contributed by atoms with Gasteiger partial charge in [-0.1, -0.05) is 30.3 Å². The van der Waals surface area contributed by atoms with Crippen molar-refractivity contribution in [1.29, 1.82) is 0 Å². The fourth-order valence-electron chi connectivity index (χ4n) is 2.12. The van der Waals surface area contributed by atoms with Gasteiger partial charge in [-0.2, -0.15) is 0 Å². The fraction of sp³-hybridized carbons (Fsp3) is 0.125. The van der Waals surface area contributed by atoms with E-state index in [0.29, 0.717) is 12.4 Å². The van der Waals surface area contributed by atoms with Gasteiger partial charge in [0.1, 0.15) is 17.0 Å². The number of hydrogen-bond donors (Lipinski definition) is 1. The number of benzene rings is 1. The van der Waals surface area contributed by atoms with Crippen LogP contribution in [0.25, 0.3) is 10.6 Å². The highest BCUT2D eigenvalue weighted by Gasteiger charge is 2.10. The van der Waals surface area contributed by atoms with Gasteiger partial charge in [0.15, 0.2) is 0 Å². The zero-order valence-electron chi connectivity index (χ0n) is 12.4. The highest BCUT2D eigenvalue weighted by molar-refractivity contribution is 7.13. The zero-order valence-corrected chi connectivity index (χ0v) is 13.2. The molecule has 1 N–H and O–H groups in total. The Bertz CT molecular complexity index is 833. The van der Waals surface area contributed by atoms with Crippen LogP contribution in [-0.4, -0.2) is 14.9 Å². The molecule has 3 aromatic rings. The normalized spacial score (nSPS) is 10.5. The summed E-state index contributed by atoms with van der Waals surface area (Å²) in [4.78, 5) is 19.0. The first-order chi connectivity index (χ1) is 11.1. The molecule has 0 fully saturated rings. The quantitative estimate of drug-likeness (QED) is 0.565. The monoisotopic (exact) mass is 326 g/mol. The molecule has 0 bridgehead atoms. The number of nitro groups is 1. The Morgan fingerprint density at radius 1 is 1.30 bits per heavy atom. The molecule has 6 nitrogen and oxygen atoms in total. The molecular weight excluding hydrogens is 312 g/mol. The molecule has 1 aromatic carbocycles. The summed E-state index contributed by atoms with van der Waals surface area (Å²) in [5.41, 5.74) is 2.73. The molecule has 7 heteroatoms. The number of nitrogens with one attached hydrogen (secondary N) is 1. The van der Waals surface area contributed by atoms with Crippen LogP contribution in [0.4, 0.5) is 11.5 Å². The number of aryl methyl sites for hydroxylation is 1. The maximum absolute atomic E-state index is 10.7. The van der Waals surface area contributed by atoms with Crippen molar-refractivity contribution in [2.75, 3.05) is 5.32 Å². The van der Waals surface area contributed by atoms with Gasteiger partial charge < -0.3 is 5.32 Å². The number of aromatic nitrogens is 2. The van der Waals surface area contributed by atoms with Gasteiger partial charge in [0, 0.05) is 17.0 Å². The lowest BCUT2D eigenvalue weighted by Crippen LogP contribution is -2.04. The van der Waals surface area contributed by atoms with Crippen LogP contribution in [0.1, 0.15) is 11.3 Å². The highest BCUT2D eigenvalue weighted by Crippen LogP contribution is 2.24. The second-order valence-corrected chi connectivity index (χ2v) is 5.84. The molecule has 0 saturated heterocycles. The van der Waals surface area contributed by atoms with E-state index in [1.54, 1.807) is 18.3 Å². The highest BCUT2D eigenvalue weighted by atomic mass is 32.1. The first-order valence-electron chi connectivity index (χ1n) is 6.98. The van der Waals surface area contributed by atoms with Crippen LogP contribution in [0.5, 0.6) is 0 Å². The maximum atomic E-state index is 10.7. The van der Waals surface area contributed by atoms with E-state index in [2.05, 4.69) is 15.3 Å². The summed E-state index contributed by atoms with van der Waals surface area (Å²) in [6.45, 7) is 2.31. The summed E-state index contributed by atoms with van der Waals surface area (Å²) in [5.74, 6) is 0.630. The number of anilines is 1. The summed E-state index contributed by atoms with van der Waals surface area (Å²) in [6, 6.07) is 11.5. The number of thiazole rings is 1. The smallest absolute Gasteiger partial charge is 0.287 e. The van der Waals surface area contributed by atoms with E-state index >= 15 is 0 Å². The van der Waals surface area contributed by atoms with Crippen molar-refractivity contribution in [3.8, 4) is 10.6 Å². The van der Waals surface area contributed by atoms with Crippen molar-refractivity contribution < 1.29 is 4.92 Å². The summed E-state index contributed by atoms with van der Waals surface area (Å²) in [7, 11) is 0. The predicted octanol–water partition coefficient (Wildman–Crippen LogP) is 4.03. The van der Waals surface area contributed by atoms with E-state index in [1.807, 2.05) is 35.7 Å². The lowest BCUT2D eigenvalue weighted by atomic mass is 10.2. The summed E-state index contributed by atoms with van der Waals surface area (Å²) >= 11 is 1.59. The Morgan fingerprint density at radius 2 is 2.09 bits per heavy atom. The molecule has 0 unspecified atom stereocenters. The molecular formula is C16H14N4O2S. The third kappa shape index (κ3) is 3.51. The lowest BCUT2D eigenvalue weighted by molar-refractivity contribution is -0.385. The number of hydrogen-bond acceptors (Lipinski definition) is 6. The number of rotatable bonds is 5. The van der Waals surface area contributed by atoms with Gasteiger partial charge in [0.05, 0.1) is 17.2 Å². The van der Waals surface area contributed by atoms with Crippen LogP contribution in [-0.2, 0) is 6.54 Å². The van der Waals surface area contributed by atoms with Gasteiger partial charge in [0.25, 0.3) is 5.69 Å². The molecule has 0 spiro atoms. The van der Waals surface area contributed by atoms with E-state index in [-0.39, 0.29) is 5.69 Å². The van der Waals surface area contributed by atoms with E-state index in [0.717, 1.165) is 21.8 Å². The average Bonchev–Trinajstić information content (AvgIpc) is 3.03. The molecule has 3 rings (SSSR count). The molecule has 0 aliphatic heterocycles. The van der Waals surface area contributed by atoms with Crippen molar-refractivity contribution >= 4 is 22.8 Å². The third-order valence-electron chi connectivity index (χ3n) is 3.28. The number of nitrogens with zero attached hydrogens (tertiary/aromatic N) is 3.